The molecule has 0 aromatic heterocycles. The molecule has 0 aliphatic carbocycles. The summed E-state index contributed by atoms with van der Waals surface area (Å²) in [5.41, 5.74) is -0.889. The summed E-state index contributed by atoms with van der Waals surface area (Å²) in [6.07, 6.45) is -2.61. The summed E-state index contributed by atoms with van der Waals surface area (Å²) < 4.78 is 64.3. The first-order chi connectivity index (χ1) is 12.6. The monoisotopic (exact) mass is 407 g/mol. The van der Waals surface area contributed by atoms with Crippen molar-refractivity contribution in [1.82, 2.24) is 14.5 Å². The highest BCUT2D eigenvalue weighted by Gasteiger charge is 2.32. The molecule has 1 saturated heterocycles. The number of rotatable bonds is 7. The Hall–Kier alpha value is -1.65. The molecule has 0 radical (unpaired) electrons. The van der Waals surface area contributed by atoms with Crippen LogP contribution in [0.2, 0.25) is 0 Å². The Labute approximate surface area is 157 Å². The minimum absolute atomic E-state index is 0.0949. The summed E-state index contributed by atoms with van der Waals surface area (Å²) >= 11 is 0. The molecular weight excluding hydrogens is 383 g/mol. The predicted octanol–water partition coefficient (Wildman–Crippen LogP) is 1.93. The highest BCUT2D eigenvalue weighted by atomic mass is 32.2. The zero-order valence-electron chi connectivity index (χ0n) is 15.1. The highest BCUT2D eigenvalue weighted by Crippen LogP contribution is 2.30. The number of halogens is 3. The topological polar surface area (TPSA) is 69.7 Å². The lowest BCUT2D eigenvalue weighted by atomic mass is 10.2. The fraction of sp³-hybridized carbons (Fsp3) is 0.588. The Morgan fingerprint density at radius 1 is 1.11 bits per heavy atom. The number of hydrogen-bond acceptors (Lipinski definition) is 4. The van der Waals surface area contributed by atoms with Gasteiger partial charge in [0.2, 0.25) is 15.9 Å². The van der Waals surface area contributed by atoms with Crippen LogP contribution in [-0.4, -0.2) is 62.8 Å². The number of hydrogen-bond donors (Lipinski definition) is 1. The van der Waals surface area contributed by atoms with Crippen molar-refractivity contribution in [1.29, 1.82) is 0 Å². The van der Waals surface area contributed by atoms with E-state index in [0.29, 0.717) is 19.6 Å². The molecule has 0 unspecified atom stereocenters. The smallest absolute Gasteiger partial charge is 0.355 e. The molecule has 1 fully saturated rings. The van der Waals surface area contributed by atoms with E-state index in [4.69, 9.17) is 0 Å². The van der Waals surface area contributed by atoms with E-state index < -0.39 is 21.8 Å². The summed E-state index contributed by atoms with van der Waals surface area (Å²) in [6.45, 7) is 4.01. The second-order valence-electron chi connectivity index (χ2n) is 6.41. The molecular formula is C17H24F3N3O3S. The van der Waals surface area contributed by atoms with Gasteiger partial charge in [-0.1, -0.05) is 13.3 Å². The second kappa shape index (κ2) is 9.03. The largest absolute Gasteiger partial charge is 0.416 e. The molecule has 1 amide bonds. The van der Waals surface area contributed by atoms with Gasteiger partial charge < -0.3 is 5.32 Å². The van der Waals surface area contributed by atoms with E-state index in [1.807, 2.05) is 11.8 Å². The maximum absolute atomic E-state index is 12.6. The summed E-state index contributed by atoms with van der Waals surface area (Å²) in [5, 5.41) is 2.81. The van der Waals surface area contributed by atoms with E-state index in [-0.39, 0.29) is 30.4 Å². The Morgan fingerprint density at radius 3 is 2.22 bits per heavy atom. The number of sulfonamides is 1. The quantitative estimate of drug-likeness (QED) is 0.702. The van der Waals surface area contributed by atoms with Gasteiger partial charge in [0.1, 0.15) is 0 Å². The van der Waals surface area contributed by atoms with Gasteiger partial charge in [-0.15, -0.1) is 0 Å². The molecule has 27 heavy (non-hydrogen) atoms. The Bertz CT molecular complexity index is 728. The van der Waals surface area contributed by atoms with E-state index in [1.165, 1.54) is 4.31 Å². The van der Waals surface area contributed by atoms with Gasteiger partial charge in [0.25, 0.3) is 0 Å². The number of carbonyl (C=O) groups is 1. The van der Waals surface area contributed by atoms with Crippen molar-refractivity contribution >= 4 is 15.9 Å². The van der Waals surface area contributed by atoms with Gasteiger partial charge in [0.05, 0.1) is 17.0 Å². The van der Waals surface area contributed by atoms with Crippen molar-refractivity contribution < 1.29 is 26.4 Å². The van der Waals surface area contributed by atoms with Crippen LogP contribution in [0.25, 0.3) is 0 Å². The number of unbranched alkanes of at least 4 members (excludes halogenated alkanes) is 1. The summed E-state index contributed by atoms with van der Waals surface area (Å²) in [4.78, 5) is 13.5. The number of amides is 1. The lowest BCUT2D eigenvalue weighted by molar-refractivity contribution is -0.137. The molecule has 1 aliphatic rings. The Morgan fingerprint density at radius 2 is 1.70 bits per heavy atom. The van der Waals surface area contributed by atoms with Crippen LogP contribution in [0.5, 0.6) is 0 Å². The Balaban J connectivity index is 1.91. The molecule has 0 atom stereocenters. The minimum atomic E-state index is -4.51. The number of nitrogens with zero attached hydrogens (tertiary/aromatic N) is 2. The maximum Gasteiger partial charge on any atom is 0.416 e. The SMILES string of the molecule is CCCCNC(=O)CN1CCN(S(=O)(=O)c2ccc(C(F)(F)F)cc2)CC1. The number of piperazine rings is 1. The van der Waals surface area contributed by atoms with E-state index in [0.717, 1.165) is 37.1 Å². The third kappa shape index (κ3) is 5.91. The van der Waals surface area contributed by atoms with E-state index in [9.17, 15) is 26.4 Å². The molecule has 0 spiro atoms. The van der Waals surface area contributed by atoms with Gasteiger partial charge in [-0.3, -0.25) is 9.69 Å². The fourth-order valence-electron chi connectivity index (χ4n) is 2.76. The fourth-order valence-corrected chi connectivity index (χ4v) is 4.18. The second-order valence-corrected chi connectivity index (χ2v) is 8.34. The molecule has 1 aromatic rings. The first-order valence-corrected chi connectivity index (χ1v) is 10.2. The first kappa shape index (κ1) is 21.6. The molecule has 2 rings (SSSR count). The van der Waals surface area contributed by atoms with Crippen molar-refractivity contribution in [3.05, 3.63) is 29.8 Å². The predicted molar refractivity (Wildman–Crippen MR) is 94.6 cm³/mol. The standard InChI is InChI=1S/C17H24F3N3O3S/c1-2-3-8-21-16(24)13-22-9-11-23(12-10-22)27(25,26)15-6-4-14(5-7-15)17(18,19)20/h4-7H,2-3,8-13H2,1H3,(H,21,24). The average molecular weight is 407 g/mol. The van der Waals surface area contributed by atoms with Crippen molar-refractivity contribution in [3.8, 4) is 0 Å². The number of benzene rings is 1. The third-order valence-corrected chi connectivity index (χ3v) is 6.28. The molecule has 1 N–H and O–H groups in total. The van der Waals surface area contributed by atoms with Gasteiger partial charge in [-0.2, -0.15) is 17.5 Å². The molecule has 10 heteroatoms. The van der Waals surface area contributed by atoms with Crippen LogP contribution in [0.15, 0.2) is 29.2 Å². The zero-order chi connectivity index (χ0) is 20.1. The molecule has 152 valence electrons. The van der Waals surface area contributed by atoms with E-state index >= 15 is 0 Å². The van der Waals surface area contributed by atoms with Gasteiger partial charge in [-0.25, -0.2) is 8.42 Å². The van der Waals surface area contributed by atoms with E-state index in [1.54, 1.807) is 0 Å². The van der Waals surface area contributed by atoms with Crippen LogP contribution < -0.4 is 5.32 Å². The van der Waals surface area contributed by atoms with Crippen LogP contribution >= 0.6 is 0 Å². The lowest BCUT2D eigenvalue weighted by Gasteiger charge is -2.33. The molecule has 0 bridgehead atoms. The van der Waals surface area contributed by atoms with Gasteiger partial charge in [0, 0.05) is 32.7 Å². The van der Waals surface area contributed by atoms with Crippen molar-refractivity contribution in [2.24, 2.45) is 0 Å². The van der Waals surface area contributed by atoms with Crippen LogP contribution in [0.4, 0.5) is 13.2 Å². The number of carbonyl (C=O) groups excluding carboxylic acids is 1. The van der Waals surface area contributed by atoms with Crippen molar-refractivity contribution in [3.63, 3.8) is 0 Å². The van der Waals surface area contributed by atoms with E-state index in [2.05, 4.69) is 5.32 Å². The van der Waals surface area contributed by atoms with Crippen LogP contribution in [0.1, 0.15) is 25.3 Å². The van der Waals surface area contributed by atoms with Gasteiger partial charge in [0.15, 0.2) is 0 Å². The molecule has 1 heterocycles. The average Bonchev–Trinajstić information content (AvgIpc) is 2.62. The maximum atomic E-state index is 12.6. The molecule has 1 aliphatic heterocycles. The van der Waals surface area contributed by atoms with Crippen LogP contribution in [-0.2, 0) is 21.0 Å². The number of nitrogens with one attached hydrogen (secondary N) is 1. The minimum Gasteiger partial charge on any atom is -0.355 e. The molecule has 1 aromatic carbocycles. The zero-order valence-corrected chi connectivity index (χ0v) is 15.9. The first-order valence-electron chi connectivity index (χ1n) is 8.81. The number of alkyl halides is 3. The van der Waals surface area contributed by atoms with Crippen molar-refractivity contribution in [2.75, 3.05) is 39.3 Å². The third-order valence-electron chi connectivity index (χ3n) is 4.37. The van der Waals surface area contributed by atoms with Crippen LogP contribution in [0, 0.1) is 0 Å². The summed E-state index contributed by atoms with van der Waals surface area (Å²) in [6, 6.07) is 3.49. The summed E-state index contributed by atoms with van der Waals surface area (Å²) in [5.74, 6) is -0.0949. The van der Waals surface area contributed by atoms with Crippen molar-refractivity contribution in [2.45, 2.75) is 30.8 Å². The normalized spacial score (nSPS) is 17.0. The summed E-state index contributed by atoms with van der Waals surface area (Å²) in [7, 11) is -3.85. The van der Waals surface area contributed by atoms with Gasteiger partial charge >= 0.3 is 6.18 Å². The molecule has 6 nitrogen and oxygen atoms in total. The highest BCUT2D eigenvalue weighted by molar-refractivity contribution is 7.89. The Kier molecular flexibility index (Phi) is 7.24. The van der Waals surface area contributed by atoms with Crippen LogP contribution in [0.3, 0.4) is 0 Å². The lowest BCUT2D eigenvalue weighted by Crippen LogP contribution is -2.51. The molecule has 0 saturated carbocycles. The van der Waals surface area contributed by atoms with Gasteiger partial charge in [-0.05, 0) is 30.7 Å².